The van der Waals surface area contributed by atoms with Gasteiger partial charge >= 0.3 is 0 Å². The zero-order chi connectivity index (χ0) is 14.5. The quantitative estimate of drug-likeness (QED) is 0.648. The lowest BCUT2D eigenvalue weighted by Gasteiger charge is -2.19. The number of nitrogens with zero attached hydrogens (tertiary/aromatic N) is 1. The summed E-state index contributed by atoms with van der Waals surface area (Å²) in [5.74, 6) is 6.48. The number of methoxy groups -OCH3 is 1. The van der Waals surface area contributed by atoms with Crippen LogP contribution in [-0.4, -0.2) is 12.1 Å². The molecular weight excluding hydrogens is 250 g/mol. The molecule has 0 radical (unpaired) electrons. The van der Waals surface area contributed by atoms with Crippen LogP contribution < -0.4 is 16.0 Å². The molecule has 1 aromatic heterocycles. The summed E-state index contributed by atoms with van der Waals surface area (Å²) in [6.45, 7) is 4.21. The third kappa shape index (κ3) is 3.35. The predicted molar refractivity (Wildman–Crippen MR) is 80.5 cm³/mol. The monoisotopic (exact) mass is 271 g/mol. The zero-order valence-electron chi connectivity index (χ0n) is 12.2. The van der Waals surface area contributed by atoms with E-state index in [9.17, 15) is 0 Å². The Bertz CT molecular complexity index is 563. The van der Waals surface area contributed by atoms with E-state index in [1.807, 2.05) is 6.07 Å². The molecule has 0 spiro atoms. The molecule has 1 unspecified atom stereocenters. The number of benzene rings is 1. The number of nitrogens with one attached hydrogen (secondary N) is 1. The van der Waals surface area contributed by atoms with Gasteiger partial charge in [0.2, 0.25) is 0 Å². The van der Waals surface area contributed by atoms with Crippen LogP contribution in [-0.2, 0) is 6.42 Å². The summed E-state index contributed by atoms with van der Waals surface area (Å²) in [7, 11) is 1.64. The van der Waals surface area contributed by atoms with Gasteiger partial charge in [-0.2, -0.15) is 0 Å². The van der Waals surface area contributed by atoms with E-state index in [-0.39, 0.29) is 6.04 Å². The molecule has 0 aliphatic carbocycles. The van der Waals surface area contributed by atoms with Crippen LogP contribution in [0.5, 0.6) is 5.75 Å². The molecule has 1 heterocycles. The lowest BCUT2D eigenvalue weighted by atomic mass is 9.97. The summed E-state index contributed by atoms with van der Waals surface area (Å²) in [5.41, 5.74) is 7.67. The van der Waals surface area contributed by atoms with Crippen molar-refractivity contribution in [3.63, 3.8) is 0 Å². The molecule has 0 aliphatic rings. The van der Waals surface area contributed by atoms with Gasteiger partial charge in [-0.3, -0.25) is 16.3 Å². The highest BCUT2D eigenvalue weighted by atomic mass is 16.5. The molecular formula is C16H21N3O. The van der Waals surface area contributed by atoms with Crippen molar-refractivity contribution in [3.8, 4) is 5.75 Å². The Hall–Kier alpha value is -1.91. The number of hydrazine groups is 1. The predicted octanol–water partition coefficient (Wildman–Crippen LogP) is 2.45. The minimum absolute atomic E-state index is 0.00542. The van der Waals surface area contributed by atoms with Crippen LogP contribution in [0.4, 0.5) is 0 Å². The molecule has 3 N–H and O–H groups in total. The van der Waals surface area contributed by atoms with E-state index in [2.05, 4.69) is 42.5 Å². The van der Waals surface area contributed by atoms with Gasteiger partial charge in [-0.1, -0.05) is 29.3 Å². The molecule has 0 saturated carbocycles. The fourth-order valence-electron chi connectivity index (χ4n) is 2.53. The number of nitrogens with two attached hydrogens (primary N) is 1. The Morgan fingerprint density at radius 1 is 1.25 bits per heavy atom. The van der Waals surface area contributed by atoms with Gasteiger partial charge in [0.25, 0.3) is 0 Å². The van der Waals surface area contributed by atoms with E-state index in [1.54, 1.807) is 19.5 Å². The first kappa shape index (κ1) is 14.5. The summed E-state index contributed by atoms with van der Waals surface area (Å²) >= 11 is 0. The number of rotatable bonds is 5. The minimum atomic E-state index is -0.00542. The maximum Gasteiger partial charge on any atom is 0.141 e. The average Bonchev–Trinajstić information content (AvgIpc) is 2.43. The molecule has 1 aromatic carbocycles. The first-order valence-corrected chi connectivity index (χ1v) is 6.65. The minimum Gasteiger partial charge on any atom is -0.495 e. The number of hydrogen-bond acceptors (Lipinski definition) is 4. The fourth-order valence-corrected chi connectivity index (χ4v) is 2.53. The van der Waals surface area contributed by atoms with Gasteiger partial charge in [-0.25, -0.2) is 0 Å². The summed E-state index contributed by atoms with van der Waals surface area (Å²) in [6, 6.07) is 8.47. The van der Waals surface area contributed by atoms with Crippen molar-refractivity contribution in [1.29, 1.82) is 0 Å². The first-order valence-electron chi connectivity index (χ1n) is 6.65. The summed E-state index contributed by atoms with van der Waals surface area (Å²) in [5, 5.41) is 0. The van der Waals surface area contributed by atoms with E-state index in [4.69, 9.17) is 10.6 Å². The van der Waals surface area contributed by atoms with Crippen molar-refractivity contribution in [2.75, 3.05) is 7.11 Å². The number of ether oxygens (including phenoxy) is 1. The molecule has 2 rings (SSSR count). The molecule has 2 aromatic rings. The molecule has 4 nitrogen and oxygen atoms in total. The second-order valence-corrected chi connectivity index (χ2v) is 5.04. The number of hydrogen-bond donors (Lipinski definition) is 2. The maximum atomic E-state index is 5.73. The van der Waals surface area contributed by atoms with Crippen molar-refractivity contribution in [3.05, 3.63) is 58.9 Å². The number of pyridine rings is 1. The average molecular weight is 271 g/mol. The Morgan fingerprint density at radius 3 is 2.55 bits per heavy atom. The number of aromatic nitrogens is 1. The fraction of sp³-hybridized carbons (Fsp3) is 0.312. The molecule has 20 heavy (non-hydrogen) atoms. The first-order chi connectivity index (χ1) is 9.63. The second kappa shape index (κ2) is 6.50. The van der Waals surface area contributed by atoms with E-state index in [0.717, 1.165) is 17.7 Å². The summed E-state index contributed by atoms with van der Waals surface area (Å²) < 4.78 is 5.36. The van der Waals surface area contributed by atoms with Crippen molar-refractivity contribution in [1.82, 2.24) is 10.4 Å². The highest BCUT2D eigenvalue weighted by Gasteiger charge is 2.15. The van der Waals surface area contributed by atoms with E-state index >= 15 is 0 Å². The Morgan fingerprint density at radius 2 is 1.95 bits per heavy atom. The van der Waals surface area contributed by atoms with Crippen LogP contribution in [0.3, 0.4) is 0 Å². The third-order valence-electron chi connectivity index (χ3n) is 3.33. The Kier molecular flexibility index (Phi) is 4.71. The van der Waals surface area contributed by atoms with E-state index in [1.165, 1.54) is 16.7 Å². The van der Waals surface area contributed by atoms with Crippen LogP contribution in [0.25, 0.3) is 0 Å². The Labute approximate surface area is 120 Å². The summed E-state index contributed by atoms with van der Waals surface area (Å²) in [6.07, 6.45) is 4.27. The molecule has 0 aliphatic heterocycles. The zero-order valence-corrected chi connectivity index (χ0v) is 12.2. The third-order valence-corrected chi connectivity index (χ3v) is 3.33. The molecule has 0 saturated heterocycles. The van der Waals surface area contributed by atoms with Crippen molar-refractivity contribution < 1.29 is 4.74 Å². The topological polar surface area (TPSA) is 60.2 Å². The lowest BCUT2D eigenvalue weighted by Crippen LogP contribution is -2.30. The van der Waals surface area contributed by atoms with E-state index in [0.29, 0.717) is 0 Å². The van der Waals surface area contributed by atoms with Gasteiger partial charge in [0.05, 0.1) is 19.3 Å². The lowest BCUT2D eigenvalue weighted by molar-refractivity contribution is 0.397. The normalized spacial score (nSPS) is 12.2. The van der Waals surface area contributed by atoms with Crippen LogP contribution in [0, 0.1) is 13.8 Å². The standard InChI is InChI=1S/C16H21N3O/c1-11-6-12(2)8-13(7-11)9-15(19-17)14-4-5-18-10-16(14)20-3/h4-8,10,15,19H,9,17H2,1-3H3. The molecule has 0 bridgehead atoms. The SMILES string of the molecule is COc1cnccc1C(Cc1cc(C)cc(C)c1)NN. The van der Waals surface area contributed by atoms with Crippen LogP contribution in [0.15, 0.2) is 36.7 Å². The highest BCUT2D eigenvalue weighted by Crippen LogP contribution is 2.26. The largest absolute Gasteiger partial charge is 0.495 e. The van der Waals surface area contributed by atoms with Gasteiger partial charge < -0.3 is 4.74 Å². The Balaban J connectivity index is 2.28. The molecule has 0 fully saturated rings. The van der Waals surface area contributed by atoms with Gasteiger partial charge in [0, 0.05) is 11.8 Å². The van der Waals surface area contributed by atoms with E-state index < -0.39 is 0 Å². The molecule has 106 valence electrons. The number of aryl methyl sites for hydroxylation is 2. The van der Waals surface area contributed by atoms with Crippen LogP contribution in [0.1, 0.15) is 28.3 Å². The van der Waals surface area contributed by atoms with Crippen molar-refractivity contribution >= 4 is 0 Å². The van der Waals surface area contributed by atoms with Crippen molar-refractivity contribution in [2.24, 2.45) is 5.84 Å². The maximum absolute atomic E-state index is 5.73. The highest BCUT2D eigenvalue weighted by molar-refractivity contribution is 5.35. The van der Waals surface area contributed by atoms with Gasteiger partial charge in [0.15, 0.2) is 0 Å². The van der Waals surface area contributed by atoms with Gasteiger partial charge in [0.1, 0.15) is 5.75 Å². The summed E-state index contributed by atoms with van der Waals surface area (Å²) in [4.78, 5) is 4.07. The van der Waals surface area contributed by atoms with Crippen molar-refractivity contribution in [2.45, 2.75) is 26.3 Å². The molecule has 1 atom stereocenters. The molecule has 0 amide bonds. The second-order valence-electron chi connectivity index (χ2n) is 5.04. The van der Waals surface area contributed by atoms with Gasteiger partial charge in [-0.05, 0) is 31.9 Å². The molecule has 4 heteroatoms. The van der Waals surface area contributed by atoms with Crippen LogP contribution >= 0.6 is 0 Å². The van der Waals surface area contributed by atoms with Gasteiger partial charge in [-0.15, -0.1) is 0 Å². The van der Waals surface area contributed by atoms with Crippen LogP contribution in [0.2, 0.25) is 0 Å². The smallest absolute Gasteiger partial charge is 0.141 e.